The third-order valence-electron chi connectivity index (χ3n) is 4.39. The lowest BCUT2D eigenvalue weighted by molar-refractivity contribution is 0.172. The normalized spacial score (nSPS) is 29.0. The standard InChI is InChI=1S/C15H31N3/c1-13(11-16-15(2,3)4)18-10-6-9-17-8-5-7-14(17)12-18/h13-14,16H,5-12H2,1-4H3. The van der Waals surface area contributed by atoms with Gasteiger partial charge in [0.15, 0.2) is 0 Å². The summed E-state index contributed by atoms with van der Waals surface area (Å²) in [5.74, 6) is 0. The molecule has 2 aliphatic rings. The van der Waals surface area contributed by atoms with E-state index in [4.69, 9.17) is 0 Å². The lowest BCUT2D eigenvalue weighted by atomic mass is 10.1. The Balaban J connectivity index is 1.83. The molecule has 2 rings (SSSR count). The van der Waals surface area contributed by atoms with Crippen LogP contribution in [0, 0.1) is 0 Å². The van der Waals surface area contributed by atoms with Crippen molar-refractivity contribution in [3.63, 3.8) is 0 Å². The van der Waals surface area contributed by atoms with Crippen molar-refractivity contribution in [1.82, 2.24) is 15.1 Å². The van der Waals surface area contributed by atoms with Crippen LogP contribution < -0.4 is 5.32 Å². The highest BCUT2D eigenvalue weighted by atomic mass is 15.3. The minimum Gasteiger partial charge on any atom is -0.311 e. The number of hydrogen-bond acceptors (Lipinski definition) is 3. The van der Waals surface area contributed by atoms with E-state index in [0.29, 0.717) is 6.04 Å². The maximum atomic E-state index is 3.64. The second-order valence-corrected chi connectivity index (χ2v) is 7.16. The zero-order valence-electron chi connectivity index (χ0n) is 12.7. The summed E-state index contributed by atoms with van der Waals surface area (Å²) in [4.78, 5) is 5.42. The Morgan fingerprint density at radius 2 is 1.89 bits per heavy atom. The molecule has 0 aromatic rings. The molecule has 0 amide bonds. The minimum atomic E-state index is 0.236. The fraction of sp³-hybridized carbons (Fsp3) is 1.00. The van der Waals surface area contributed by atoms with Gasteiger partial charge in [-0.15, -0.1) is 0 Å². The molecule has 106 valence electrons. The fourth-order valence-electron chi connectivity index (χ4n) is 3.22. The molecular formula is C15H31N3. The molecule has 18 heavy (non-hydrogen) atoms. The molecule has 3 heteroatoms. The van der Waals surface area contributed by atoms with Gasteiger partial charge in [0.05, 0.1) is 0 Å². The summed E-state index contributed by atoms with van der Waals surface area (Å²) in [5, 5.41) is 3.64. The summed E-state index contributed by atoms with van der Waals surface area (Å²) >= 11 is 0. The summed E-state index contributed by atoms with van der Waals surface area (Å²) in [6.07, 6.45) is 4.17. The Bertz CT molecular complexity index is 259. The predicted molar refractivity (Wildman–Crippen MR) is 78.0 cm³/mol. The van der Waals surface area contributed by atoms with Gasteiger partial charge in [-0.05, 0) is 66.6 Å². The molecule has 1 N–H and O–H groups in total. The highest BCUT2D eigenvalue weighted by molar-refractivity contribution is 4.87. The molecule has 0 radical (unpaired) electrons. The first-order chi connectivity index (χ1) is 8.46. The quantitative estimate of drug-likeness (QED) is 0.829. The molecule has 0 aromatic carbocycles. The zero-order valence-corrected chi connectivity index (χ0v) is 12.7. The molecule has 0 aromatic heterocycles. The molecule has 2 heterocycles. The molecule has 0 aliphatic carbocycles. The molecule has 2 aliphatic heterocycles. The lowest BCUT2D eigenvalue weighted by Gasteiger charge is -2.33. The van der Waals surface area contributed by atoms with Gasteiger partial charge in [-0.1, -0.05) is 0 Å². The van der Waals surface area contributed by atoms with E-state index in [2.05, 4.69) is 42.8 Å². The summed E-state index contributed by atoms with van der Waals surface area (Å²) in [6.45, 7) is 15.5. The minimum absolute atomic E-state index is 0.236. The van der Waals surface area contributed by atoms with Crippen molar-refractivity contribution in [1.29, 1.82) is 0 Å². The second-order valence-electron chi connectivity index (χ2n) is 7.16. The topological polar surface area (TPSA) is 18.5 Å². The highest BCUT2D eigenvalue weighted by Gasteiger charge is 2.30. The van der Waals surface area contributed by atoms with Crippen LogP contribution >= 0.6 is 0 Å². The van der Waals surface area contributed by atoms with Crippen molar-refractivity contribution in [3.05, 3.63) is 0 Å². The smallest absolute Gasteiger partial charge is 0.0223 e. The van der Waals surface area contributed by atoms with E-state index in [9.17, 15) is 0 Å². The van der Waals surface area contributed by atoms with Gasteiger partial charge >= 0.3 is 0 Å². The maximum absolute atomic E-state index is 3.64. The van der Waals surface area contributed by atoms with E-state index in [1.807, 2.05) is 0 Å². The van der Waals surface area contributed by atoms with E-state index >= 15 is 0 Å². The van der Waals surface area contributed by atoms with E-state index in [-0.39, 0.29) is 5.54 Å². The third kappa shape index (κ3) is 3.94. The molecular weight excluding hydrogens is 222 g/mol. The molecule has 0 saturated carbocycles. The number of nitrogens with zero attached hydrogens (tertiary/aromatic N) is 2. The van der Waals surface area contributed by atoms with Gasteiger partial charge < -0.3 is 5.32 Å². The van der Waals surface area contributed by atoms with Crippen LogP contribution in [0.2, 0.25) is 0 Å². The van der Waals surface area contributed by atoms with Gasteiger partial charge in [0.25, 0.3) is 0 Å². The van der Waals surface area contributed by atoms with Crippen LogP contribution in [-0.4, -0.2) is 60.1 Å². The van der Waals surface area contributed by atoms with Crippen LogP contribution in [0.5, 0.6) is 0 Å². The largest absolute Gasteiger partial charge is 0.311 e. The van der Waals surface area contributed by atoms with E-state index < -0.39 is 0 Å². The highest BCUT2D eigenvalue weighted by Crippen LogP contribution is 2.22. The third-order valence-corrected chi connectivity index (χ3v) is 4.39. The van der Waals surface area contributed by atoms with Crippen molar-refractivity contribution in [2.24, 2.45) is 0 Å². The molecule has 2 atom stereocenters. The van der Waals surface area contributed by atoms with E-state index in [1.165, 1.54) is 45.4 Å². The van der Waals surface area contributed by atoms with Crippen LogP contribution in [0.15, 0.2) is 0 Å². The number of fused-ring (bicyclic) bond motifs is 1. The lowest BCUT2D eigenvalue weighted by Crippen LogP contribution is -2.48. The molecule has 3 nitrogen and oxygen atoms in total. The Morgan fingerprint density at radius 1 is 1.17 bits per heavy atom. The van der Waals surface area contributed by atoms with Crippen molar-refractivity contribution < 1.29 is 0 Å². The molecule has 2 saturated heterocycles. The van der Waals surface area contributed by atoms with Crippen LogP contribution in [0.4, 0.5) is 0 Å². The van der Waals surface area contributed by atoms with Gasteiger partial charge in [-0.2, -0.15) is 0 Å². The maximum Gasteiger partial charge on any atom is 0.0223 e. The fourth-order valence-corrected chi connectivity index (χ4v) is 3.22. The molecule has 2 unspecified atom stereocenters. The van der Waals surface area contributed by atoms with Crippen molar-refractivity contribution in [2.45, 2.75) is 64.6 Å². The first-order valence-electron chi connectivity index (χ1n) is 7.69. The van der Waals surface area contributed by atoms with Crippen molar-refractivity contribution >= 4 is 0 Å². The van der Waals surface area contributed by atoms with Gasteiger partial charge in [-0.25, -0.2) is 0 Å². The Hall–Kier alpha value is -0.120. The van der Waals surface area contributed by atoms with E-state index in [1.54, 1.807) is 0 Å². The van der Waals surface area contributed by atoms with Gasteiger partial charge in [0, 0.05) is 30.7 Å². The number of rotatable bonds is 3. The Morgan fingerprint density at radius 3 is 2.61 bits per heavy atom. The Labute approximate surface area is 113 Å². The van der Waals surface area contributed by atoms with Gasteiger partial charge in [0.1, 0.15) is 0 Å². The molecule has 0 spiro atoms. The molecule has 0 bridgehead atoms. The van der Waals surface area contributed by atoms with Crippen molar-refractivity contribution in [2.75, 3.05) is 32.7 Å². The summed E-state index contributed by atoms with van der Waals surface area (Å²) < 4.78 is 0. The average molecular weight is 253 g/mol. The Kier molecular flexibility index (Phi) is 4.68. The summed E-state index contributed by atoms with van der Waals surface area (Å²) in [7, 11) is 0. The van der Waals surface area contributed by atoms with Crippen LogP contribution in [-0.2, 0) is 0 Å². The van der Waals surface area contributed by atoms with Crippen LogP contribution in [0.25, 0.3) is 0 Å². The van der Waals surface area contributed by atoms with Gasteiger partial charge in [-0.3, -0.25) is 9.80 Å². The van der Waals surface area contributed by atoms with Crippen molar-refractivity contribution in [3.8, 4) is 0 Å². The van der Waals surface area contributed by atoms with Crippen LogP contribution in [0.1, 0.15) is 47.0 Å². The zero-order chi connectivity index (χ0) is 13.2. The van der Waals surface area contributed by atoms with Gasteiger partial charge in [0.2, 0.25) is 0 Å². The predicted octanol–water partition coefficient (Wildman–Crippen LogP) is 1.93. The number of nitrogens with one attached hydrogen (secondary N) is 1. The monoisotopic (exact) mass is 253 g/mol. The second kappa shape index (κ2) is 5.89. The first kappa shape index (κ1) is 14.3. The first-order valence-corrected chi connectivity index (χ1v) is 7.69. The van der Waals surface area contributed by atoms with E-state index in [0.717, 1.165) is 12.6 Å². The van der Waals surface area contributed by atoms with Crippen LogP contribution in [0.3, 0.4) is 0 Å². The molecule has 2 fully saturated rings. The summed E-state index contributed by atoms with van der Waals surface area (Å²) in [5.41, 5.74) is 0.236. The SMILES string of the molecule is CC(CNC(C)(C)C)N1CCCN2CCCC2C1. The average Bonchev–Trinajstić information content (AvgIpc) is 2.62. The number of hydrogen-bond donors (Lipinski definition) is 1. The summed E-state index contributed by atoms with van der Waals surface area (Å²) in [6, 6.07) is 1.49.